The van der Waals surface area contributed by atoms with Crippen LogP contribution in [0.1, 0.15) is 341 Å². The number of amides is 1. The van der Waals surface area contributed by atoms with Crippen LogP contribution >= 0.6 is 0 Å². The minimum atomic E-state index is -1.79. The quantitative estimate of drug-likeness (QED) is 0.0204. The number of aliphatic hydroxyl groups excluding tert-OH is 8. The Kier molecular flexibility index (Phi) is 54.7. The lowest BCUT2D eigenvalue weighted by molar-refractivity contribution is -0.359. The molecule has 2 heterocycles. The maximum atomic E-state index is 13.4. The fourth-order valence-electron chi connectivity index (χ4n) is 12.5. The zero-order chi connectivity index (χ0) is 63.1. The van der Waals surface area contributed by atoms with Gasteiger partial charge >= 0.3 is 0 Å². The van der Waals surface area contributed by atoms with Crippen LogP contribution in [0.15, 0.2) is 24.3 Å². The molecule has 2 aliphatic heterocycles. The molecule has 514 valence electrons. The van der Waals surface area contributed by atoms with Gasteiger partial charge in [-0.2, -0.15) is 0 Å². The summed E-state index contributed by atoms with van der Waals surface area (Å²) in [4.78, 5) is 13.4. The fraction of sp³-hybridized carbons (Fsp3) is 0.932. The van der Waals surface area contributed by atoms with Crippen LogP contribution in [-0.2, 0) is 23.7 Å². The summed E-state index contributed by atoms with van der Waals surface area (Å²) >= 11 is 0. The number of aliphatic hydroxyl groups is 8. The molecule has 0 aromatic carbocycles. The van der Waals surface area contributed by atoms with Crippen LogP contribution in [0.25, 0.3) is 0 Å². The highest BCUT2D eigenvalue weighted by molar-refractivity contribution is 5.76. The second-order valence-electron chi connectivity index (χ2n) is 26.4. The Morgan fingerprint density at radius 2 is 0.724 bits per heavy atom. The van der Waals surface area contributed by atoms with Crippen LogP contribution in [-0.4, -0.2) is 140 Å². The van der Waals surface area contributed by atoms with Crippen molar-refractivity contribution < 1.29 is 64.6 Å². The third-order valence-electron chi connectivity index (χ3n) is 18.4. The zero-order valence-corrected chi connectivity index (χ0v) is 56.0. The third kappa shape index (κ3) is 42.4. The molecule has 0 saturated carbocycles. The van der Waals surface area contributed by atoms with E-state index in [2.05, 4.69) is 31.3 Å². The van der Waals surface area contributed by atoms with Gasteiger partial charge in [0, 0.05) is 6.42 Å². The average molecular weight is 1240 g/mol. The summed E-state index contributed by atoms with van der Waals surface area (Å²) in [6.45, 7) is 2.86. The largest absolute Gasteiger partial charge is 0.394 e. The minimum Gasteiger partial charge on any atom is -0.394 e. The van der Waals surface area contributed by atoms with Gasteiger partial charge in [0.25, 0.3) is 0 Å². The second kappa shape index (κ2) is 58.3. The van der Waals surface area contributed by atoms with Crippen molar-refractivity contribution in [2.24, 2.45) is 0 Å². The molecule has 0 spiro atoms. The van der Waals surface area contributed by atoms with Crippen molar-refractivity contribution in [3.8, 4) is 0 Å². The van der Waals surface area contributed by atoms with Crippen molar-refractivity contribution in [2.45, 2.75) is 415 Å². The van der Waals surface area contributed by atoms with Crippen LogP contribution in [0.4, 0.5) is 0 Å². The average Bonchev–Trinajstić information content (AvgIpc) is 2.58. The predicted molar refractivity (Wildman–Crippen MR) is 355 cm³/mol. The molecule has 87 heavy (non-hydrogen) atoms. The smallest absolute Gasteiger partial charge is 0.220 e. The Balaban J connectivity index is 1.66. The first kappa shape index (κ1) is 81.6. The molecule has 2 fully saturated rings. The van der Waals surface area contributed by atoms with Crippen LogP contribution < -0.4 is 5.32 Å². The molecule has 0 bridgehead atoms. The monoisotopic (exact) mass is 1240 g/mol. The van der Waals surface area contributed by atoms with Crippen LogP contribution in [0.5, 0.6) is 0 Å². The topological polar surface area (TPSA) is 228 Å². The minimum absolute atomic E-state index is 0.232. The number of hydrogen-bond donors (Lipinski definition) is 9. The molecule has 9 N–H and O–H groups in total. The number of nitrogens with one attached hydrogen (secondary N) is 1. The van der Waals surface area contributed by atoms with Gasteiger partial charge in [0.1, 0.15) is 48.8 Å². The Morgan fingerprint density at radius 3 is 1.09 bits per heavy atom. The maximum Gasteiger partial charge on any atom is 0.220 e. The predicted octanol–water partition coefficient (Wildman–Crippen LogP) is 15.5. The highest BCUT2D eigenvalue weighted by Gasteiger charge is 2.51. The van der Waals surface area contributed by atoms with Crippen molar-refractivity contribution in [1.82, 2.24) is 5.32 Å². The number of unbranched alkanes of at least 4 members (excludes halogenated alkanes) is 47. The normalized spacial score (nSPS) is 23.3. The summed E-state index contributed by atoms with van der Waals surface area (Å²) in [5.74, 6) is -0.232. The number of hydrogen-bond acceptors (Lipinski definition) is 13. The standard InChI is InChI=1S/C73H139NO13/c1-3-5-7-9-11-13-15-17-19-21-23-25-27-29-31-33-35-37-39-41-43-45-47-49-51-53-55-57-65(78)74-61(60-84-72-70(83)68(81)71(64(59-76)86-72)87-73-69(82)67(80)66(79)63(58-75)85-73)62(77)56-54-52-50-48-46-44-42-40-38-36-34-32-30-28-26-24-22-20-18-16-14-12-10-8-6-4-2/h21,23,54,56,61-64,66-73,75-77,79-83H,3-20,22,24-53,55,57-60H2,1-2H3,(H,74,78)/b23-21-,56-54+. The van der Waals surface area contributed by atoms with Crippen molar-refractivity contribution in [2.75, 3.05) is 19.8 Å². The van der Waals surface area contributed by atoms with E-state index in [0.717, 1.165) is 38.5 Å². The molecule has 0 radical (unpaired) electrons. The van der Waals surface area contributed by atoms with Crippen molar-refractivity contribution >= 4 is 5.91 Å². The lowest BCUT2D eigenvalue weighted by atomic mass is 9.97. The molecule has 0 aromatic rings. The van der Waals surface area contributed by atoms with Gasteiger partial charge in [-0.15, -0.1) is 0 Å². The van der Waals surface area contributed by atoms with Gasteiger partial charge in [0.15, 0.2) is 12.6 Å². The second-order valence-corrected chi connectivity index (χ2v) is 26.4. The lowest BCUT2D eigenvalue weighted by Crippen LogP contribution is -2.65. The molecular weight excluding hydrogens is 1100 g/mol. The Morgan fingerprint density at radius 1 is 0.402 bits per heavy atom. The van der Waals surface area contributed by atoms with E-state index in [-0.39, 0.29) is 18.9 Å². The van der Waals surface area contributed by atoms with Gasteiger partial charge in [-0.3, -0.25) is 4.79 Å². The summed E-state index contributed by atoms with van der Waals surface area (Å²) in [5, 5.41) is 87.5. The Hall–Kier alpha value is -1.53. The van der Waals surface area contributed by atoms with Gasteiger partial charge < -0.3 is 65.1 Å². The summed E-state index contributed by atoms with van der Waals surface area (Å²) in [7, 11) is 0. The number of ether oxygens (including phenoxy) is 4. The Bertz CT molecular complexity index is 1550. The first-order chi connectivity index (χ1) is 42.6. The molecular formula is C73H139NO13. The molecule has 2 aliphatic rings. The molecule has 14 nitrogen and oxygen atoms in total. The molecule has 0 aliphatic carbocycles. The van der Waals surface area contributed by atoms with Crippen LogP contribution in [0.2, 0.25) is 0 Å². The van der Waals surface area contributed by atoms with E-state index in [1.54, 1.807) is 6.08 Å². The summed E-state index contributed by atoms with van der Waals surface area (Å²) < 4.78 is 22.9. The summed E-state index contributed by atoms with van der Waals surface area (Å²) in [6, 6.07) is -0.914. The molecule has 2 saturated heterocycles. The third-order valence-corrected chi connectivity index (χ3v) is 18.4. The van der Waals surface area contributed by atoms with Crippen molar-refractivity contribution in [1.29, 1.82) is 0 Å². The van der Waals surface area contributed by atoms with Crippen molar-refractivity contribution in [3.05, 3.63) is 24.3 Å². The molecule has 12 atom stereocenters. The lowest BCUT2D eigenvalue weighted by Gasteiger charge is -2.46. The van der Waals surface area contributed by atoms with E-state index in [1.165, 1.54) is 276 Å². The summed E-state index contributed by atoms with van der Waals surface area (Å²) in [6.07, 6.45) is 56.7. The fourth-order valence-corrected chi connectivity index (χ4v) is 12.5. The Labute approximate surface area is 532 Å². The molecule has 14 heteroatoms. The van der Waals surface area contributed by atoms with Gasteiger partial charge in [0.05, 0.1) is 32.0 Å². The molecule has 2 rings (SSSR count). The highest BCUT2D eigenvalue weighted by Crippen LogP contribution is 2.30. The van der Waals surface area contributed by atoms with Gasteiger partial charge in [0.2, 0.25) is 5.91 Å². The van der Waals surface area contributed by atoms with Crippen LogP contribution in [0.3, 0.4) is 0 Å². The number of carbonyl (C=O) groups excluding carboxylic acids is 1. The SMILES string of the molecule is CCCCCCCCCC/C=C\CCCCCCCCCCCCCCCCCC(=O)NC(COC1OC(CO)C(OC2OC(CO)C(O)C(O)C2O)C(O)C1O)C(O)/C=C/CCCCCCCCCCCCCCCCCCCCCCCCCC. The van der Waals surface area contributed by atoms with E-state index >= 15 is 0 Å². The summed E-state index contributed by atoms with van der Waals surface area (Å²) in [5.41, 5.74) is 0. The van der Waals surface area contributed by atoms with E-state index in [0.29, 0.717) is 6.42 Å². The number of rotatable bonds is 62. The van der Waals surface area contributed by atoms with Crippen molar-refractivity contribution in [3.63, 3.8) is 0 Å². The van der Waals surface area contributed by atoms with Crippen LogP contribution in [0, 0.1) is 0 Å². The highest BCUT2D eigenvalue weighted by atomic mass is 16.7. The molecule has 12 unspecified atom stereocenters. The first-order valence-electron chi connectivity index (χ1n) is 37.1. The first-order valence-corrected chi connectivity index (χ1v) is 37.1. The van der Waals surface area contributed by atoms with E-state index in [4.69, 9.17) is 18.9 Å². The van der Waals surface area contributed by atoms with E-state index < -0.39 is 86.8 Å². The molecule has 1 amide bonds. The van der Waals surface area contributed by atoms with E-state index in [9.17, 15) is 45.6 Å². The van der Waals surface area contributed by atoms with Gasteiger partial charge in [-0.1, -0.05) is 314 Å². The van der Waals surface area contributed by atoms with E-state index in [1.807, 2.05) is 6.08 Å². The molecule has 0 aromatic heterocycles. The number of allylic oxidation sites excluding steroid dienone is 3. The maximum absolute atomic E-state index is 13.4. The number of carbonyl (C=O) groups is 1. The zero-order valence-electron chi connectivity index (χ0n) is 56.0. The van der Waals surface area contributed by atoms with Gasteiger partial charge in [-0.25, -0.2) is 0 Å². The van der Waals surface area contributed by atoms with Gasteiger partial charge in [-0.05, 0) is 44.9 Å².